The molecule has 3 aromatic rings. The predicted octanol–water partition coefficient (Wildman–Crippen LogP) is 4.35. The number of nitrogens with zero attached hydrogens (tertiary/aromatic N) is 2. The largest absolute Gasteiger partial charge is 0.507 e. The number of Topliss-reactive ketones (excluding diaryl/α,β-unsaturated/α-hetero) is 1. The van der Waals surface area contributed by atoms with E-state index in [1.54, 1.807) is 42.5 Å². The number of ketones is 1. The van der Waals surface area contributed by atoms with Gasteiger partial charge in [-0.15, -0.1) is 0 Å². The Labute approximate surface area is 220 Å². The second-order valence-corrected chi connectivity index (χ2v) is 8.95. The summed E-state index contributed by atoms with van der Waals surface area (Å²) < 4.78 is 10.7. The van der Waals surface area contributed by atoms with Gasteiger partial charge in [0.05, 0.1) is 31.4 Å². The number of methoxy groups -OCH3 is 2. The molecule has 196 valence electrons. The first-order valence-corrected chi connectivity index (χ1v) is 11.8. The lowest BCUT2D eigenvalue weighted by atomic mass is 9.94. The number of aliphatic hydroxyl groups is 1. The molecule has 1 aliphatic heterocycles. The molecule has 1 saturated heterocycles. The fraction of sp³-hybridized carbons (Fsp3) is 0.207. The molecule has 0 aromatic heterocycles. The van der Waals surface area contributed by atoms with Gasteiger partial charge in [0.15, 0.2) is 0 Å². The first-order chi connectivity index (χ1) is 18.2. The van der Waals surface area contributed by atoms with E-state index in [4.69, 9.17) is 9.47 Å². The number of anilines is 3. The Balaban J connectivity index is 1.92. The number of benzene rings is 3. The molecule has 9 heteroatoms. The maximum Gasteiger partial charge on any atom is 0.300 e. The Morgan fingerprint density at radius 3 is 2.16 bits per heavy atom. The summed E-state index contributed by atoms with van der Waals surface area (Å²) in [6.07, 6.45) is 0. The summed E-state index contributed by atoms with van der Waals surface area (Å²) in [6, 6.07) is 17.9. The highest BCUT2D eigenvalue weighted by molar-refractivity contribution is 6.51. The topological polar surface area (TPSA) is 108 Å². The van der Waals surface area contributed by atoms with Crippen LogP contribution in [0.1, 0.15) is 24.1 Å². The summed E-state index contributed by atoms with van der Waals surface area (Å²) in [5.41, 5.74) is 2.68. The number of carbonyl (C=O) groups is 3. The molecule has 2 N–H and O–H groups in total. The van der Waals surface area contributed by atoms with Crippen LogP contribution in [0.4, 0.5) is 17.1 Å². The van der Waals surface area contributed by atoms with E-state index in [-0.39, 0.29) is 22.8 Å². The van der Waals surface area contributed by atoms with Gasteiger partial charge in [0, 0.05) is 38.1 Å². The Kier molecular flexibility index (Phi) is 7.38. The molecule has 38 heavy (non-hydrogen) atoms. The highest BCUT2D eigenvalue weighted by Crippen LogP contribution is 2.44. The van der Waals surface area contributed by atoms with Crippen molar-refractivity contribution in [3.63, 3.8) is 0 Å². The standard InChI is InChI=1S/C29H29N3O6/c1-17(33)30-19-8-12-21(13-9-19)32-26(18-6-10-20(11-7-18)31(2)3)25(28(35)29(32)36)27(34)23-16-22(37-4)14-15-24(23)38-5/h6-16,26,34H,1-5H3,(H,30,33)/b27-25+. The molecule has 0 saturated carbocycles. The van der Waals surface area contributed by atoms with Crippen LogP contribution in [0.3, 0.4) is 0 Å². The van der Waals surface area contributed by atoms with Gasteiger partial charge in [0.2, 0.25) is 5.91 Å². The number of hydrogen-bond donors (Lipinski definition) is 2. The molecule has 2 amide bonds. The summed E-state index contributed by atoms with van der Waals surface area (Å²) in [5.74, 6) is -1.47. The fourth-order valence-corrected chi connectivity index (χ4v) is 4.42. The molecule has 9 nitrogen and oxygen atoms in total. The first-order valence-electron chi connectivity index (χ1n) is 11.8. The van der Waals surface area contributed by atoms with E-state index in [9.17, 15) is 19.5 Å². The Hall–Kier alpha value is -4.79. The van der Waals surface area contributed by atoms with E-state index in [2.05, 4.69) is 5.32 Å². The fourth-order valence-electron chi connectivity index (χ4n) is 4.42. The van der Waals surface area contributed by atoms with Crippen molar-refractivity contribution in [2.75, 3.05) is 43.4 Å². The molecule has 3 aromatic carbocycles. The molecule has 1 aliphatic rings. The van der Waals surface area contributed by atoms with Crippen molar-refractivity contribution in [2.24, 2.45) is 0 Å². The third kappa shape index (κ3) is 4.90. The van der Waals surface area contributed by atoms with Gasteiger partial charge in [-0.1, -0.05) is 12.1 Å². The normalized spacial score (nSPS) is 16.3. The van der Waals surface area contributed by atoms with Crippen LogP contribution in [-0.2, 0) is 14.4 Å². The number of aliphatic hydroxyl groups excluding tert-OH is 1. The van der Waals surface area contributed by atoms with Gasteiger partial charge >= 0.3 is 0 Å². The van der Waals surface area contributed by atoms with Gasteiger partial charge in [-0.05, 0) is 60.2 Å². The summed E-state index contributed by atoms with van der Waals surface area (Å²) in [6.45, 7) is 1.40. The van der Waals surface area contributed by atoms with E-state index in [0.717, 1.165) is 5.69 Å². The highest BCUT2D eigenvalue weighted by atomic mass is 16.5. The van der Waals surface area contributed by atoms with Gasteiger partial charge in [-0.3, -0.25) is 19.3 Å². The number of amides is 2. The van der Waals surface area contributed by atoms with Crippen LogP contribution < -0.4 is 24.6 Å². The van der Waals surface area contributed by atoms with Crippen LogP contribution in [0, 0.1) is 0 Å². The SMILES string of the molecule is COc1ccc(OC)c(/C(O)=C2\C(=O)C(=O)N(c3ccc(NC(C)=O)cc3)C2c2ccc(N(C)C)cc2)c1. The van der Waals surface area contributed by atoms with Crippen molar-refractivity contribution in [2.45, 2.75) is 13.0 Å². The first kappa shape index (κ1) is 26.3. The van der Waals surface area contributed by atoms with Crippen LogP contribution in [0.15, 0.2) is 72.3 Å². The highest BCUT2D eigenvalue weighted by Gasteiger charge is 2.47. The smallest absolute Gasteiger partial charge is 0.300 e. The second-order valence-electron chi connectivity index (χ2n) is 8.95. The Morgan fingerprint density at radius 2 is 1.61 bits per heavy atom. The van der Waals surface area contributed by atoms with Gasteiger partial charge in [0.1, 0.15) is 17.3 Å². The summed E-state index contributed by atoms with van der Waals surface area (Å²) in [4.78, 5) is 41.6. The minimum atomic E-state index is -0.922. The van der Waals surface area contributed by atoms with Crippen LogP contribution in [0.2, 0.25) is 0 Å². The zero-order valence-corrected chi connectivity index (χ0v) is 21.8. The molecule has 1 atom stereocenters. The number of ether oxygens (including phenoxy) is 2. The van der Waals surface area contributed by atoms with Crippen molar-refractivity contribution < 1.29 is 29.0 Å². The third-order valence-electron chi connectivity index (χ3n) is 6.30. The Morgan fingerprint density at radius 1 is 0.947 bits per heavy atom. The zero-order chi connectivity index (χ0) is 27.6. The third-order valence-corrected chi connectivity index (χ3v) is 6.30. The molecule has 4 rings (SSSR count). The van der Waals surface area contributed by atoms with Crippen molar-refractivity contribution >= 4 is 40.4 Å². The Bertz CT molecular complexity index is 1410. The maximum atomic E-state index is 13.5. The van der Waals surface area contributed by atoms with Crippen LogP contribution in [-0.4, -0.2) is 51.0 Å². The number of nitrogens with one attached hydrogen (secondary N) is 1. The predicted molar refractivity (Wildman–Crippen MR) is 146 cm³/mol. The molecule has 0 spiro atoms. The summed E-state index contributed by atoms with van der Waals surface area (Å²) >= 11 is 0. The molecule has 1 fully saturated rings. The lowest BCUT2D eigenvalue weighted by molar-refractivity contribution is -0.132. The molecular weight excluding hydrogens is 486 g/mol. The van der Waals surface area contributed by atoms with Gasteiger partial charge in [-0.2, -0.15) is 0 Å². The van der Waals surface area contributed by atoms with Gasteiger partial charge < -0.3 is 24.8 Å². The van der Waals surface area contributed by atoms with E-state index < -0.39 is 17.7 Å². The monoisotopic (exact) mass is 515 g/mol. The van der Waals surface area contributed by atoms with Gasteiger partial charge in [0.25, 0.3) is 11.7 Å². The molecular formula is C29H29N3O6. The van der Waals surface area contributed by atoms with Crippen LogP contribution >= 0.6 is 0 Å². The van der Waals surface area contributed by atoms with Crippen LogP contribution in [0.25, 0.3) is 5.76 Å². The lowest BCUT2D eigenvalue weighted by Gasteiger charge is -2.26. The molecule has 0 bridgehead atoms. The minimum Gasteiger partial charge on any atom is -0.507 e. The molecule has 1 unspecified atom stereocenters. The zero-order valence-electron chi connectivity index (χ0n) is 21.8. The average Bonchev–Trinajstić information content (AvgIpc) is 3.18. The minimum absolute atomic E-state index is 0.0786. The molecule has 0 radical (unpaired) electrons. The van der Waals surface area contributed by atoms with Crippen molar-refractivity contribution in [1.82, 2.24) is 0 Å². The average molecular weight is 516 g/mol. The van der Waals surface area contributed by atoms with Crippen LogP contribution in [0.5, 0.6) is 11.5 Å². The lowest BCUT2D eigenvalue weighted by Crippen LogP contribution is -2.29. The van der Waals surface area contributed by atoms with Crippen molar-refractivity contribution in [3.05, 3.63) is 83.4 Å². The van der Waals surface area contributed by atoms with E-state index in [0.29, 0.717) is 28.4 Å². The van der Waals surface area contributed by atoms with E-state index >= 15 is 0 Å². The van der Waals surface area contributed by atoms with Gasteiger partial charge in [-0.25, -0.2) is 0 Å². The number of rotatable bonds is 7. The number of hydrogen-bond acceptors (Lipinski definition) is 7. The van der Waals surface area contributed by atoms with E-state index in [1.807, 2.05) is 43.3 Å². The summed E-state index contributed by atoms with van der Waals surface area (Å²) in [5, 5.41) is 14.2. The number of carbonyl (C=O) groups excluding carboxylic acids is 3. The van der Waals surface area contributed by atoms with E-state index in [1.165, 1.54) is 26.0 Å². The van der Waals surface area contributed by atoms with Crippen molar-refractivity contribution in [1.29, 1.82) is 0 Å². The summed E-state index contributed by atoms with van der Waals surface area (Å²) in [7, 11) is 6.76. The maximum absolute atomic E-state index is 13.5. The quantitative estimate of drug-likeness (QED) is 0.274. The molecule has 1 heterocycles. The molecule has 0 aliphatic carbocycles. The second kappa shape index (κ2) is 10.7. The van der Waals surface area contributed by atoms with Crippen molar-refractivity contribution in [3.8, 4) is 11.5 Å².